The van der Waals surface area contributed by atoms with Gasteiger partial charge in [-0.3, -0.25) is 0 Å². The van der Waals surface area contributed by atoms with Crippen LogP contribution in [0.1, 0.15) is 10.7 Å². The van der Waals surface area contributed by atoms with Gasteiger partial charge in [0.1, 0.15) is 5.82 Å². The van der Waals surface area contributed by atoms with E-state index in [-0.39, 0.29) is 5.82 Å². The van der Waals surface area contributed by atoms with Gasteiger partial charge in [0.2, 0.25) is 0 Å². The van der Waals surface area contributed by atoms with Crippen molar-refractivity contribution in [1.82, 2.24) is 15.0 Å². The lowest BCUT2D eigenvalue weighted by molar-refractivity contribution is 0.629. The van der Waals surface area contributed by atoms with Crippen LogP contribution < -0.4 is 0 Å². The predicted octanol–water partition coefficient (Wildman–Crippen LogP) is 3.44. The van der Waals surface area contributed by atoms with Gasteiger partial charge < -0.3 is 4.98 Å². The minimum Gasteiger partial charge on any atom is -0.337 e. The summed E-state index contributed by atoms with van der Waals surface area (Å²) in [6, 6.07) is 4.54. The van der Waals surface area contributed by atoms with Crippen LogP contribution >= 0.6 is 11.3 Å². The molecule has 0 amide bonds. The van der Waals surface area contributed by atoms with Crippen molar-refractivity contribution in [3.05, 3.63) is 34.7 Å². The van der Waals surface area contributed by atoms with E-state index >= 15 is 0 Å². The van der Waals surface area contributed by atoms with Gasteiger partial charge in [-0.1, -0.05) is 0 Å². The van der Waals surface area contributed by atoms with E-state index in [1.165, 1.54) is 12.1 Å². The Labute approximate surface area is 101 Å². The van der Waals surface area contributed by atoms with Crippen LogP contribution in [0.5, 0.6) is 0 Å². The molecule has 3 nitrogen and oxygen atoms in total. The average molecular weight is 247 g/mol. The number of nitrogens with one attached hydrogen (secondary N) is 1. The van der Waals surface area contributed by atoms with Crippen molar-refractivity contribution in [2.24, 2.45) is 0 Å². The summed E-state index contributed by atoms with van der Waals surface area (Å²) < 4.78 is 13.1. The van der Waals surface area contributed by atoms with Crippen LogP contribution in [0.15, 0.2) is 18.2 Å². The summed E-state index contributed by atoms with van der Waals surface area (Å²) in [6.45, 7) is 3.91. The summed E-state index contributed by atoms with van der Waals surface area (Å²) in [4.78, 5) is 12.9. The third-order valence-corrected chi connectivity index (χ3v) is 3.64. The summed E-state index contributed by atoms with van der Waals surface area (Å²) in [5, 5.41) is 1.00. The van der Waals surface area contributed by atoms with Gasteiger partial charge in [0, 0.05) is 0 Å². The molecule has 0 fully saturated rings. The molecule has 2 heterocycles. The molecule has 0 aliphatic rings. The first-order chi connectivity index (χ1) is 8.13. The van der Waals surface area contributed by atoms with E-state index in [2.05, 4.69) is 15.0 Å². The Morgan fingerprint density at radius 3 is 2.76 bits per heavy atom. The fourth-order valence-electron chi connectivity index (χ4n) is 1.84. The second kappa shape index (κ2) is 3.63. The lowest BCUT2D eigenvalue weighted by Crippen LogP contribution is -1.79. The van der Waals surface area contributed by atoms with Crippen LogP contribution in [0, 0.1) is 19.7 Å². The fraction of sp³-hybridized carbons (Fsp3) is 0.167. The molecule has 0 aliphatic heterocycles. The molecule has 0 saturated carbocycles. The predicted molar refractivity (Wildman–Crippen MR) is 66.6 cm³/mol. The highest BCUT2D eigenvalue weighted by Gasteiger charge is 2.12. The van der Waals surface area contributed by atoms with Gasteiger partial charge in [-0.2, -0.15) is 0 Å². The number of hydrogen-bond donors (Lipinski definition) is 1. The maximum Gasteiger partial charge on any atom is 0.150 e. The summed E-state index contributed by atoms with van der Waals surface area (Å²) >= 11 is 1.59. The quantitative estimate of drug-likeness (QED) is 0.715. The molecule has 0 saturated heterocycles. The normalized spacial score (nSPS) is 11.2. The van der Waals surface area contributed by atoms with Crippen LogP contribution in [0.4, 0.5) is 4.39 Å². The number of halogens is 1. The average Bonchev–Trinajstić information content (AvgIpc) is 2.80. The fourth-order valence-corrected chi connectivity index (χ4v) is 2.71. The first kappa shape index (κ1) is 10.4. The number of benzene rings is 1. The summed E-state index contributed by atoms with van der Waals surface area (Å²) in [5.74, 6) is 0.499. The summed E-state index contributed by atoms with van der Waals surface area (Å²) in [5.41, 5.74) is 2.43. The zero-order valence-corrected chi connectivity index (χ0v) is 10.2. The van der Waals surface area contributed by atoms with Crippen molar-refractivity contribution in [2.75, 3.05) is 0 Å². The molecule has 2 aromatic heterocycles. The first-order valence-electron chi connectivity index (χ1n) is 5.23. The van der Waals surface area contributed by atoms with Crippen molar-refractivity contribution >= 4 is 22.4 Å². The topological polar surface area (TPSA) is 41.6 Å². The molecule has 0 aliphatic carbocycles. The third-order valence-electron chi connectivity index (χ3n) is 2.56. The number of nitrogens with zero attached hydrogens (tertiary/aromatic N) is 2. The molecule has 0 atom stereocenters. The molecule has 0 spiro atoms. The van der Waals surface area contributed by atoms with E-state index in [9.17, 15) is 4.39 Å². The molecule has 5 heteroatoms. The minimum atomic E-state index is -0.259. The molecular weight excluding hydrogens is 237 g/mol. The number of hydrogen-bond acceptors (Lipinski definition) is 3. The maximum atomic E-state index is 13.1. The van der Waals surface area contributed by atoms with Crippen LogP contribution in [-0.2, 0) is 0 Å². The molecular formula is C12H10FN3S. The number of aromatic amines is 1. The Morgan fingerprint density at radius 2 is 2.06 bits per heavy atom. The van der Waals surface area contributed by atoms with Crippen LogP contribution in [0.25, 0.3) is 21.7 Å². The molecule has 0 unspecified atom stereocenters. The number of thiazole rings is 1. The highest BCUT2D eigenvalue weighted by Crippen LogP contribution is 2.29. The number of imidazole rings is 1. The Hall–Kier alpha value is -1.75. The number of fused-ring (bicyclic) bond motifs is 1. The number of aryl methyl sites for hydroxylation is 2. The largest absolute Gasteiger partial charge is 0.337 e. The van der Waals surface area contributed by atoms with E-state index in [0.717, 1.165) is 26.9 Å². The number of H-pyrrole nitrogens is 1. The molecule has 0 radical (unpaired) electrons. The zero-order valence-electron chi connectivity index (χ0n) is 9.41. The zero-order chi connectivity index (χ0) is 12.0. The maximum absolute atomic E-state index is 13.1. The molecule has 3 rings (SSSR count). The first-order valence-corrected chi connectivity index (χ1v) is 6.05. The molecule has 1 N–H and O–H groups in total. The van der Waals surface area contributed by atoms with Gasteiger partial charge in [0.25, 0.3) is 0 Å². The van der Waals surface area contributed by atoms with Crippen LogP contribution in [-0.4, -0.2) is 15.0 Å². The van der Waals surface area contributed by atoms with E-state index < -0.39 is 0 Å². The van der Waals surface area contributed by atoms with Gasteiger partial charge in [0.15, 0.2) is 5.82 Å². The van der Waals surface area contributed by atoms with Crippen LogP contribution in [0.2, 0.25) is 0 Å². The van der Waals surface area contributed by atoms with E-state index in [4.69, 9.17) is 0 Å². The van der Waals surface area contributed by atoms with Crippen molar-refractivity contribution < 1.29 is 4.39 Å². The Bertz CT molecular complexity index is 699. The van der Waals surface area contributed by atoms with Gasteiger partial charge in [-0.15, -0.1) is 11.3 Å². The molecule has 17 heavy (non-hydrogen) atoms. The second-order valence-electron chi connectivity index (χ2n) is 3.89. The molecule has 86 valence electrons. The Balaban J connectivity index is 2.21. The Morgan fingerprint density at radius 1 is 1.24 bits per heavy atom. The van der Waals surface area contributed by atoms with E-state index in [1.54, 1.807) is 17.4 Å². The number of aromatic nitrogens is 3. The lowest BCUT2D eigenvalue weighted by Gasteiger charge is -1.90. The highest BCUT2D eigenvalue weighted by atomic mass is 32.1. The van der Waals surface area contributed by atoms with Crippen molar-refractivity contribution in [3.8, 4) is 10.7 Å². The molecule has 1 aromatic carbocycles. The van der Waals surface area contributed by atoms with Gasteiger partial charge >= 0.3 is 0 Å². The summed E-state index contributed by atoms with van der Waals surface area (Å²) in [6.07, 6.45) is 0. The second-order valence-corrected chi connectivity index (χ2v) is 5.10. The minimum absolute atomic E-state index is 0.259. The molecule has 0 bridgehead atoms. The molecule has 3 aromatic rings. The monoisotopic (exact) mass is 247 g/mol. The lowest BCUT2D eigenvalue weighted by atomic mass is 10.3. The van der Waals surface area contributed by atoms with E-state index in [0.29, 0.717) is 5.52 Å². The van der Waals surface area contributed by atoms with E-state index in [1.807, 2.05) is 13.8 Å². The van der Waals surface area contributed by atoms with Crippen molar-refractivity contribution in [1.29, 1.82) is 0 Å². The number of rotatable bonds is 1. The van der Waals surface area contributed by atoms with Gasteiger partial charge in [0.05, 0.1) is 26.6 Å². The van der Waals surface area contributed by atoms with Gasteiger partial charge in [-0.25, -0.2) is 14.4 Å². The third kappa shape index (κ3) is 1.72. The smallest absolute Gasteiger partial charge is 0.150 e. The SMILES string of the molecule is Cc1nc(C)c(-c2nc3ccc(F)cc3[nH]2)s1. The highest BCUT2D eigenvalue weighted by molar-refractivity contribution is 7.15. The summed E-state index contributed by atoms with van der Waals surface area (Å²) in [7, 11) is 0. The standard InChI is InChI=1S/C12H10FN3S/c1-6-11(17-7(2)14-6)12-15-9-4-3-8(13)5-10(9)16-12/h3-5H,1-2H3,(H,15,16). The van der Waals surface area contributed by atoms with Crippen LogP contribution in [0.3, 0.4) is 0 Å². The van der Waals surface area contributed by atoms with Crippen molar-refractivity contribution in [2.45, 2.75) is 13.8 Å². The van der Waals surface area contributed by atoms with Crippen molar-refractivity contribution in [3.63, 3.8) is 0 Å². The van der Waals surface area contributed by atoms with Gasteiger partial charge in [-0.05, 0) is 32.0 Å². The Kier molecular flexibility index (Phi) is 2.22.